The topological polar surface area (TPSA) is 20.7 Å². The molecule has 1 heterocycles. The zero-order valence-electron chi connectivity index (χ0n) is 9.17. The van der Waals surface area contributed by atoms with Gasteiger partial charge in [0.15, 0.2) is 4.77 Å². The molecule has 2 nitrogen and oxygen atoms in total. The van der Waals surface area contributed by atoms with Crippen molar-refractivity contribution in [3.05, 3.63) is 27.2 Å². The first-order valence-electron chi connectivity index (χ1n) is 5.72. The Morgan fingerprint density at radius 3 is 2.94 bits per heavy atom. The molecular weight excluding hydrogens is 303 g/mol. The van der Waals surface area contributed by atoms with E-state index in [9.17, 15) is 4.39 Å². The average Bonchev–Trinajstić information content (AvgIpc) is 3.04. The summed E-state index contributed by atoms with van der Waals surface area (Å²) in [7, 11) is 0. The first-order valence-corrected chi connectivity index (χ1v) is 6.93. The fraction of sp³-hybridized carbons (Fsp3) is 0.417. The van der Waals surface area contributed by atoms with Crippen LogP contribution in [0.2, 0.25) is 0 Å². The predicted molar refractivity (Wildman–Crippen MR) is 72.1 cm³/mol. The van der Waals surface area contributed by atoms with Crippen LogP contribution in [0.4, 0.5) is 4.39 Å². The van der Waals surface area contributed by atoms with Crippen molar-refractivity contribution in [3.63, 3.8) is 0 Å². The fourth-order valence-electron chi connectivity index (χ4n) is 2.09. The zero-order chi connectivity index (χ0) is 12.0. The van der Waals surface area contributed by atoms with Crippen LogP contribution in [0.15, 0.2) is 16.6 Å². The smallest absolute Gasteiger partial charge is 0.178 e. The number of aromatic nitrogens is 2. The number of aryl methyl sites for hydroxylation is 1. The van der Waals surface area contributed by atoms with E-state index >= 15 is 0 Å². The van der Waals surface area contributed by atoms with E-state index in [4.69, 9.17) is 12.2 Å². The highest BCUT2D eigenvalue weighted by Crippen LogP contribution is 2.33. The number of benzene rings is 1. The fourth-order valence-corrected chi connectivity index (χ4v) is 2.74. The van der Waals surface area contributed by atoms with Crippen molar-refractivity contribution >= 4 is 39.2 Å². The number of halogens is 2. The number of fused-ring (bicyclic) bond motifs is 1. The molecular formula is C12H12BrFN2S. The van der Waals surface area contributed by atoms with Crippen LogP contribution in [0.5, 0.6) is 0 Å². The van der Waals surface area contributed by atoms with Crippen molar-refractivity contribution in [2.45, 2.75) is 25.8 Å². The average molecular weight is 315 g/mol. The highest BCUT2D eigenvalue weighted by atomic mass is 79.9. The zero-order valence-corrected chi connectivity index (χ0v) is 11.6. The molecule has 90 valence electrons. The number of nitrogens with zero attached hydrogens (tertiary/aromatic N) is 1. The van der Waals surface area contributed by atoms with Gasteiger partial charge in [-0.15, -0.1) is 0 Å². The number of nitrogens with one attached hydrogen (secondary N) is 1. The van der Waals surface area contributed by atoms with E-state index in [0.717, 1.165) is 29.9 Å². The van der Waals surface area contributed by atoms with Gasteiger partial charge in [0.05, 0.1) is 15.5 Å². The van der Waals surface area contributed by atoms with Gasteiger partial charge in [0.2, 0.25) is 0 Å². The minimum absolute atomic E-state index is 0.244. The molecule has 0 spiro atoms. The number of hydrogen-bond donors (Lipinski definition) is 1. The number of rotatable bonds is 3. The normalized spacial score (nSPS) is 15.6. The van der Waals surface area contributed by atoms with E-state index < -0.39 is 0 Å². The quantitative estimate of drug-likeness (QED) is 0.833. The Bertz CT molecular complexity index is 627. The monoisotopic (exact) mass is 314 g/mol. The van der Waals surface area contributed by atoms with Gasteiger partial charge in [-0.05, 0) is 46.6 Å². The van der Waals surface area contributed by atoms with E-state index in [1.165, 1.54) is 12.8 Å². The molecule has 1 aliphatic carbocycles. The van der Waals surface area contributed by atoms with Gasteiger partial charge in [-0.1, -0.05) is 12.8 Å². The molecule has 2 aromatic rings. The van der Waals surface area contributed by atoms with Crippen molar-refractivity contribution in [1.29, 1.82) is 0 Å². The van der Waals surface area contributed by atoms with Crippen LogP contribution in [0, 0.1) is 16.5 Å². The van der Waals surface area contributed by atoms with E-state index in [1.54, 1.807) is 12.1 Å². The SMILES string of the molecule is Fc1cc2c(cc1Br)[nH]c(=S)n2CCC1CC1. The molecule has 1 aromatic carbocycles. The standard InChI is InChI=1S/C12H12BrFN2S/c13-8-5-10-11(6-9(8)14)16(12(17)15-10)4-3-7-1-2-7/h5-7H,1-4H2,(H,15,17). The van der Waals surface area contributed by atoms with Gasteiger partial charge >= 0.3 is 0 Å². The van der Waals surface area contributed by atoms with Crippen LogP contribution in [0.1, 0.15) is 19.3 Å². The van der Waals surface area contributed by atoms with Crippen molar-refractivity contribution in [3.8, 4) is 0 Å². The number of imidazole rings is 1. The largest absolute Gasteiger partial charge is 0.331 e. The first-order chi connectivity index (χ1) is 8.15. The van der Waals surface area contributed by atoms with Crippen LogP contribution >= 0.6 is 28.1 Å². The molecule has 0 bridgehead atoms. The summed E-state index contributed by atoms with van der Waals surface area (Å²) in [4.78, 5) is 3.12. The van der Waals surface area contributed by atoms with Gasteiger partial charge in [-0.2, -0.15) is 0 Å². The van der Waals surface area contributed by atoms with Gasteiger partial charge in [-0.3, -0.25) is 0 Å². The summed E-state index contributed by atoms with van der Waals surface area (Å²) in [6, 6.07) is 3.28. The number of hydrogen-bond acceptors (Lipinski definition) is 1. The summed E-state index contributed by atoms with van der Waals surface area (Å²) < 4.78 is 16.7. The number of H-pyrrole nitrogens is 1. The van der Waals surface area contributed by atoms with Crippen molar-refractivity contribution in [2.75, 3.05) is 0 Å². The lowest BCUT2D eigenvalue weighted by molar-refractivity contribution is 0.598. The lowest BCUT2D eigenvalue weighted by Crippen LogP contribution is -1.99. The second-order valence-electron chi connectivity index (χ2n) is 4.60. The Labute approximate surface area is 112 Å². The molecule has 0 amide bonds. The summed E-state index contributed by atoms with van der Waals surface area (Å²) >= 11 is 8.47. The lowest BCUT2D eigenvalue weighted by atomic mass is 10.2. The Kier molecular flexibility index (Phi) is 2.83. The first kappa shape index (κ1) is 11.4. The molecule has 0 atom stereocenters. The maximum atomic E-state index is 13.5. The van der Waals surface area contributed by atoms with Crippen molar-refractivity contribution in [1.82, 2.24) is 9.55 Å². The van der Waals surface area contributed by atoms with Crippen LogP contribution < -0.4 is 0 Å². The third-order valence-corrected chi connectivity index (χ3v) is 4.20. The van der Waals surface area contributed by atoms with Crippen molar-refractivity contribution < 1.29 is 4.39 Å². The highest BCUT2D eigenvalue weighted by Gasteiger charge is 2.21. The molecule has 1 fully saturated rings. The Balaban J connectivity index is 2.05. The van der Waals surface area contributed by atoms with Crippen LogP contribution in [-0.2, 0) is 6.54 Å². The molecule has 0 unspecified atom stereocenters. The molecule has 1 aliphatic rings. The maximum Gasteiger partial charge on any atom is 0.178 e. The Morgan fingerprint density at radius 2 is 2.24 bits per heavy atom. The summed E-state index contributed by atoms with van der Waals surface area (Å²) in [6.07, 6.45) is 3.80. The minimum atomic E-state index is -0.244. The third kappa shape index (κ3) is 2.18. The molecule has 5 heteroatoms. The highest BCUT2D eigenvalue weighted by molar-refractivity contribution is 9.10. The van der Waals surface area contributed by atoms with E-state index in [1.807, 2.05) is 4.57 Å². The summed E-state index contributed by atoms with van der Waals surface area (Å²) in [5.41, 5.74) is 1.75. The summed E-state index contributed by atoms with van der Waals surface area (Å²) in [6.45, 7) is 0.880. The summed E-state index contributed by atoms with van der Waals surface area (Å²) in [5.74, 6) is 0.605. The lowest BCUT2D eigenvalue weighted by Gasteiger charge is -2.04. The van der Waals surface area contributed by atoms with Crippen LogP contribution in [0.3, 0.4) is 0 Å². The van der Waals surface area contributed by atoms with Gasteiger partial charge < -0.3 is 9.55 Å². The predicted octanol–water partition coefficient (Wildman–Crippen LogP) is 4.40. The molecule has 0 aliphatic heterocycles. The minimum Gasteiger partial charge on any atom is -0.331 e. The van der Waals surface area contributed by atoms with E-state index in [2.05, 4.69) is 20.9 Å². The van der Waals surface area contributed by atoms with Crippen LogP contribution in [0.25, 0.3) is 11.0 Å². The third-order valence-electron chi connectivity index (χ3n) is 3.27. The van der Waals surface area contributed by atoms with Crippen molar-refractivity contribution in [2.24, 2.45) is 5.92 Å². The molecule has 1 N–H and O–H groups in total. The molecule has 0 radical (unpaired) electrons. The molecule has 17 heavy (non-hydrogen) atoms. The van der Waals surface area contributed by atoms with Gasteiger partial charge in [-0.25, -0.2) is 4.39 Å². The summed E-state index contributed by atoms with van der Waals surface area (Å²) in [5, 5.41) is 0. The van der Waals surface area contributed by atoms with E-state index in [0.29, 0.717) is 9.24 Å². The second kappa shape index (κ2) is 4.21. The molecule has 1 aromatic heterocycles. The van der Waals surface area contributed by atoms with Gasteiger partial charge in [0.25, 0.3) is 0 Å². The van der Waals surface area contributed by atoms with Gasteiger partial charge in [0, 0.05) is 12.6 Å². The maximum absolute atomic E-state index is 13.5. The molecule has 1 saturated carbocycles. The van der Waals surface area contributed by atoms with E-state index in [-0.39, 0.29) is 5.82 Å². The molecule has 0 saturated heterocycles. The number of aromatic amines is 1. The Morgan fingerprint density at radius 1 is 1.47 bits per heavy atom. The van der Waals surface area contributed by atoms with Gasteiger partial charge in [0.1, 0.15) is 5.82 Å². The Hall–Kier alpha value is -0.680. The van der Waals surface area contributed by atoms with Crippen LogP contribution in [-0.4, -0.2) is 9.55 Å². The molecule has 3 rings (SSSR count). The second-order valence-corrected chi connectivity index (χ2v) is 5.84.